The van der Waals surface area contributed by atoms with Gasteiger partial charge in [0.25, 0.3) is 0 Å². The van der Waals surface area contributed by atoms with Crippen LogP contribution in [0.2, 0.25) is 0 Å². The Bertz CT molecular complexity index is 372. The van der Waals surface area contributed by atoms with Crippen LogP contribution in [0.5, 0.6) is 0 Å². The van der Waals surface area contributed by atoms with Crippen molar-refractivity contribution in [3.63, 3.8) is 0 Å². The maximum Gasteiger partial charge on any atom is 0.0979 e. The van der Waals surface area contributed by atoms with Gasteiger partial charge in [-0.05, 0) is 44.9 Å². The van der Waals surface area contributed by atoms with E-state index in [2.05, 4.69) is 48.5 Å². The van der Waals surface area contributed by atoms with Crippen LogP contribution in [-0.2, 0) is 9.47 Å². The number of hydrogen-bond acceptors (Lipinski definition) is 2. The molecule has 0 radical (unpaired) electrons. The molecular formula is C25H50O2. The van der Waals surface area contributed by atoms with E-state index in [9.17, 15) is 0 Å². The Morgan fingerprint density at radius 1 is 0.519 bits per heavy atom. The Morgan fingerprint density at radius 2 is 0.926 bits per heavy atom. The number of hydrogen-bond donors (Lipinski definition) is 0. The topological polar surface area (TPSA) is 18.5 Å². The lowest BCUT2D eigenvalue weighted by Crippen LogP contribution is -2.70. The molecule has 1 aliphatic heterocycles. The standard InChI is InChI=1S/C25H50O2/c1-8-15-22-23(16-9-2,17-10-3)27-25(20-13-6,21-14-7)24(26-22,18-11-4)19-12-5/h22H,8-21H2,1-7H3. The molecule has 0 aromatic carbocycles. The van der Waals surface area contributed by atoms with E-state index in [1.54, 1.807) is 0 Å². The van der Waals surface area contributed by atoms with Crippen molar-refractivity contribution in [3.05, 3.63) is 0 Å². The van der Waals surface area contributed by atoms with Crippen molar-refractivity contribution in [3.8, 4) is 0 Å². The monoisotopic (exact) mass is 382 g/mol. The van der Waals surface area contributed by atoms with Gasteiger partial charge in [-0.1, -0.05) is 93.4 Å². The highest BCUT2D eigenvalue weighted by Crippen LogP contribution is 2.54. The molecule has 0 bridgehead atoms. The summed E-state index contributed by atoms with van der Waals surface area (Å²) in [5.74, 6) is 0. The van der Waals surface area contributed by atoms with Crippen molar-refractivity contribution in [2.45, 2.75) is 161 Å². The van der Waals surface area contributed by atoms with Gasteiger partial charge in [0, 0.05) is 0 Å². The van der Waals surface area contributed by atoms with E-state index in [1.807, 2.05) is 0 Å². The average molecular weight is 383 g/mol. The van der Waals surface area contributed by atoms with Gasteiger partial charge in [0.1, 0.15) is 0 Å². The Balaban J connectivity index is 3.53. The third-order valence-electron chi connectivity index (χ3n) is 6.70. The highest BCUT2D eigenvalue weighted by molar-refractivity contribution is 5.10. The first-order valence-corrected chi connectivity index (χ1v) is 12.4. The van der Waals surface area contributed by atoms with Crippen LogP contribution in [0.4, 0.5) is 0 Å². The lowest BCUT2D eigenvalue weighted by atomic mass is 9.67. The van der Waals surface area contributed by atoms with E-state index < -0.39 is 0 Å². The molecule has 1 aliphatic rings. The molecule has 1 unspecified atom stereocenters. The van der Waals surface area contributed by atoms with Crippen molar-refractivity contribution >= 4 is 0 Å². The highest BCUT2D eigenvalue weighted by Gasteiger charge is 2.61. The second-order valence-corrected chi connectivity index (χ2v) is 9.05. The molecule has 1 heterocycles. The SMILES string of the molecule is CCCC1OC(CCC)(CCC)C(CCC)(CCC)OC1(CCC)CCC. The summed E-state index contributed by atoms with van der Waals surface area (Å²) in [5.41, 5.74) is -0.306. The van der Waals surface area contributed by atoms with E-state index in [0.717, 1.165) is 44.9 Å². The largest absolute Gasteiger partial charge is 0.366 e. The third kappa shape index (κ3) is 5.30. The molecule has 0 N–H and O–H groups in total. The summed E-state index contributed by atoms with van der Waals surface area (Å²) in [6, 6.07) is 0. The third-order valence-corrected chi connectivity index (χ3v) is 6.70. The van der Waals surface area contributed by atoms with E-state index in [-0.39, 0.29) is 22.9 Å². The first-order chi connectivity index (χ1) is 13.0. The normalized spacial score (nSPS) is 23.4. The molecule has 2 nitrogen and oxygen atoms in total. The lowest BCUT2D eigenvalue weighted by Gasteiger charge is -2.63. The van der Waals surface area contributed by atoms with Crippen LogP contribution in [0.15, 0.2) is 0 Å². The Morgan fingerprint density at radius 3 is 1.30 bits per heavy atom. The first-order valence-electron chi connectivity index (χ1n) is 12.4. The fourth-order valence-electron chi connectivity index (χ4n) is 6.01. The quantitative estimate of drug-likeness (QED) is 0.301. The molecule has 2 heteroatoms. The molecule has 1 rings (SSSR count). The Hall–Kier alpha value is -0.0800. The summed E-state index contributed by atoms with van der Waals surface area (Å²) in [7, 11) is 0. The summed E-state index contributed by atoms with van der Waals surface area (Å²) in [4.78, 5) is 0. The van der Waals surface area contributed by atoms with Crippen molar-refractivity contribution in [2.75, 3.05) is 0 Å². The minimum Gasteiger partial charge on any atom is -0.366 e. The summed E-state index contributed by atoms with van der Waals surface area (Å²) < 4.78 is 14.8. The molecule has 0 aromatic rings. The van der Waals surface area contributed by atoms with Crippen molar-refractivity contribution in [1.82, 2.24) is 0 Å². The molecule has 0 amide bonds. The Labute approximate surface area is 171 Å². The highest BCUT2D eigenvalue weighted by atomic mass is 16.6. The minimum atomic E-state index is -0.114. The van der Waals surface area contributed by atoms with Crippen LogP contribution in [0, 0.1) is 0 Å². The van der Waals surface area contributed by atoms with Crippen LogP contribution in [0.25, 0.3) is 0 Å². The molecular weight excluding hydrogens is 332 g/mol. The predicted molar refractivity (Wildman–Crippen MR) is 119 cm³/mol. The van der Waals surface area contributed by atoms with Gasteiger partial charge >= 0.3 is 0 Å². The van der Waals surface area contributed by atoms with Gasteiger partial charge in [0.2, 0.25) is 0 Å². The predicted octanol–water partition coefficient (Wildman–Crippen LogP) is 8.22. The van der Waals surface area contributed by atoms with Crippen LogP contribution < -0.4 is 0 Å². The smallest absolute Gasteiger partial charge is 0.0979 e. The van der Waals surface area contributed by atoms with E-state index in [0.29, 0.717) is 0 Å². The van der Waals surface area contributed by atoms with E-state index in [1.165, 1.54) is 44.9 Å². The fraction of sp³-hybridized carbons (Fsp3) is 1.00. The molecule has 1 saturated heterocycles. The van der Waals surface area contributed by atoms with E-state index in [4.69, 9.17) is 9.47 Å². The zero-order valence-corrected chi connectivity index (χ0v) is 19.8. The van der Waals surface area contributed by atoms with Crippen LogP contribution in [0.3, 0.4) is 0 Å². The molecule has 27 heavy (non-hydrogen) atoms. The number of rotatable bonds is 14. The summed E-state index contributed by atoms with van der Waals surface area (Å²) in [6.07, 6.45) is 16.4. The van der Waals surface area contributed by atoms with Crippen LogP contribution in [0.1, 0.15) is 138 Å². The molecule has 0 spiro atoms. The van der Waals surface area contributed by atoms with E-state index >= 15 is 0 Å². The number of ether oxygens (including phenoxy) is 2. The molecule has 0 aromatic heterocycles. The Kier molecular flexibility index (Phi) is 10.9. The molecule has 0 aliphatic carbocycles. The summed E-state index contributed by atoms with van der Waals surface area (Å²) in [6.45, 7) is 16.2. The first kappa shape index (κ1) is 25.0. The molecule has 1 atom stereocenters. The zero-order valence-electron chi connectivity index (χ0n) is 19.8. The van der Waals surface area contributed by atoms with Gasteiger partial charge in [-0.2, -0.15) is 0 Å². The maximum atomic E-state index is 7.48. The van der Waals surface area contributed by atoms with Gasteiger partial charge in [0.05, 0.1) is 22.9 Å². The second-order valence-electron chi connectivity index (χ2n) is 9.05. The summed E-state index contributed by atoms with van der Waals surface area (Å²) >= 11 is 0. The van der Waals surface area contributed by atoms with Gasteiger partial charge in [-0.15, -0.1) is 0 Å². The second kappa shape index (κ2) is 11.8. The van der Waals surface area contributed by atoms with Crippen LogP contribution >= 0.6 is 0 Å². The van der Waals surface area contributed by atoms with Gasteiger partial charge in [0.15, 0.2) is 0 Å². The van der Waals surface area contributed by atoms with Gasteiger partial charge in [-0.25, -0.2) is 0 Å². The molecule has 162 valence electrons. The van der Waals surface area contributed by atoms with Crippen molar-refractivity contribution < 1.29 is 9.47 Å². The molecule has 1 fully saturated rings. The van der Waals surface area contributed by atoms with Crippen molar-refractivity contribution in [2.24, 2.45) is 0 Å². The maximum absolute atomic E-state index is 7.48. The van der Waals surface area contributed by atoms with Gasteiger partial charge in [-0.3, -0.25) is 0 Å². The van der Waals surface area contributed by atoms with Crippen LogP contribution in [-0.4, -0.2) is 22.9 Å². The average Bonchev–Trinajstić information content (AvgIpc) is 2.61. The molecule has 0 saturated carbocycles. The lowest BCUT2D eigenvalue weighted by molar-refractivity contribution is -0.366. The van der Waals surface area contributed by atoms with Gasteiger partial charge < -0.3 is 9.47 Å². The fourth-order valence-corrected chi connectivity index (χ4v) is 6.01. The zero-order chi connectivity index (χ0) is 20.4. The summed E-state index contributed by atoms with van der Waals surface area (Å²) in [5, 5.41) is 0. The minimum absolute atomic E-state index is 0.0885. The van der Waals surface area contributed by atoms with Crippen molar-refractivity contribution in [1.29, 1.82) is 0 Å².